The second kappa shape index (κ2) is 10.1. The second-order valence-electron chi connectivity index (χ2n) is 6.72. The van der Waals surface area contributed by atoms with Gasteiger partial charge in [0.05, 0.1) is 6.42 Å². The number of carbonyl (C=O) groups is 2. The van der Waals surface area contributed by atoms with Gasteiger partial charge in [0, 0.05) is 18.3 Å². The average Bonchev–Trinajstić information content (AvgIpc) is 3.16. The summed E-state index contributed by atoms with van der Waals surface area (Å²) in [4.78, 5) is 24.4. The lowest BCUT2D eigenvalue weighted by molar-refractivity contribution is -0.119. The van der Waals surface area contributed by atoms with Gasteiger partial charge in [-0.3, -0.25) is 9.59 Å². The van der Waals surface area contributed by atoms with Crippen LogP contribution in [0.5, 0.6) is 0 Å². The van der Waals surface area contributed by atoms with E-state index in [0.717, 1.165) is 25.1 Å². The molecule has 1 aliphatic rings. The molecular weight excluding hydrogens is 362 g/mol. The molecule has 1 saturated heterocycles. The molecule has 1 unspecified atom stereocenters. The van der Waals surface area contributed by atoms with Gasteiger partial charge in [-0.1, -0.05) is 30.3 Å². The molecule has 5 nitrogen and oxygen atoms in total. The predicted molar refractivity (Wildman–Crippen MR) is 111 cm³/mol. The normalized spacial score (nSPS) is 15.7. The van der Waals surface area contributed by atoms with Gasteiger partial charge >= 0.3 is 0 Å². The lowest BCUT2D eigenvalue weighted by Gasteiger charge is -2.12. The van der Waals surface area contributed by atoms with E-state index in [1.165, 1.54) is 12.0 Å². The van der Waals surface area contributed by atoms with Crippen molar-refractivity contribution >= 4 is 29.9 Å². The quantitative estimate of drug-likeness (QED) is 0.713. The summed E-state index contributed by atoms with van der Waals surface area (Å²) in [7, 11) is 1.61. The molecule has 0 spiro atoms. The van der Waals surface area contributed by atoms with Crippen molar-refractivity contribution in [3.63, 3.8) is 0 Å². The topological polar surface area (TPSA) is 70.2 Å². The number of amides is 2. The average molecular weight is 388 g/mol. The molecule has 27 heavy (non-hydrogen) atoms. The summed E-state index contributed by atoms with van der Waals surface area (Å²) in [5.74, 6) is 0.404. The largest absolute Gasteiger partial charge is 0.359 e. The van der Waals surface area contributed by atoms with Crippen molar-refractivity contribution in [2.45, 2.75) is 19.3 Å². The van der Waals surface area contributed by atoms with Crippen LogP contribution in [0.3, 0.4) is 0 Å². The van der Waals surface area contributed by atoms with Gasteiger partial charge < -0.3 is 16.0 Å². The molecule has 144 valence electrons. The highest BCUT2D eigenvalue weighted by Gasteiger charge is 2.16. The first-order valence-corrected chi connectivity index (χ1v) is 9.05. The number of hydrogen-bond donors (Lipinski definition) is 3. The molecule has 2 aromatic rings. The minimum Gasteiger partial charge on any atom is -0.359 e. The Hall–Kier alpha value is -2.37. The van der Waals surface area contributed by atoms with E-state index >= 15 is 0 Å². The molecule has 3 N–H and O–H groups in total. The summed E-state index contributed by atoms with van der Waals surface area (Å²) in [5.41, 5.74) is 3.30. The maximum atomic E-state index is 12.7. The molecule has 0 saturated carbocycles. The predicted octanol–water partition coefficient (Wildman–Crippen LogP) is 2.80. The van der Waals surface area contributed by atoms with Gasteiger partial charge in [-0.25, -0.2) is 0 Å². The third-order valence-corrected chi connectivity index (χ3v) is 4.77. The van der Waals surface area contributed by atoms with Gasteiger partial charge in [0.25, 0.3) is 5.91 Å². The fourth-order valence-corrected chi connectivity index (χ4v) is 3.31. The number of rotatable bonds is 6. The van der Waals surface area contributed by atoms with Crippen LogP contribution in [-0.2, 0) is 17.6 Å². The van der Waals surface area contributed by atoms with E-state index in [0.29, 0.717) is 17.2 Å². The van der Waals surface area contributed by atoms with Crippen molar-refractivity contribution in [2.24, 2.45) is 5.92 Å². The maximum Gasteiger partial charge on any atom is 0.255 e. The van der Waals surface area contributed by atoms with Gasteiger partial charge in [0.1, 0.15) is 0 Å². The molecule has 3 rings (SSSR count). The molecule has 1 aliphatic heterocycles. The number of anilines is 1. The lowest BCUT2D eigenvalue weighted by Crippen LogP contribution is -2.21. The summed E-state index contributed by atoms with van der Waals surface area (Å²) in [6, 6.07) is 15.2. The number of benzene rings is 2. The van der Waals surface area contributed by atoms with E-state index in [1.807, 2.05) is 42.5 Å². The zero-order valence-electron chi connectivity index (χ0n) is 15.5. The standard InChI is InChI=1S/C21H25N3O2.ClH/c1-22-20(25)13-17-6-2-3-8-19(17)24-21(26)18-7-4-5-15(12-18)11-16-9-10-23-14-16;/h2-8,12,16,23H,9-11,13-14H2,1H3,(H,22,25)(H,24,26);1H. The molecule has 2 amide bonds. The smallest absolute Gasteiger partial charge is 0.255 e. The van der Waals surface area contributed by atoms with Crippen molar-refractivity contribution in [2.75, 3.05) is 25.5 Å². The third kappa shape index (κ3) is 5.81. The first-order valence-electron chi connectivity index (χ1n) is 9.05. The highest BCUT2D eigenvalue weighted by atomic mass is 35.5. The highest BCUT2D eigenvalue weighted by Crippen LogP contribution is 2.19. The van der Waals surface area contributed by atoms with E-state index in [9.17, 15) is 9.59 Å². The number of carbonyl (C=O) groups excluding carboxylic acids is 2. The second-order valence-corrected chi connectivity index (χ2v) is 6.72. The van der Waals surface area contributed by atoms with Crippen LogP contribution in [0.1, 0.15) is 27.9 Å². The van der Waals surface area contributed by atoms with Crippen molar-refractivity contribution in [3.05, 3.63) is 65.2 Å². The Morgan fingerprint density at radius 2 is 1.96 bits per heavy atom. The Labute approximate surface area is 166 Å². The van der Waals surface area contributed by atoms with E-state index < -0.39 is 0 Å². The Bertz CT molecular complexity index is 789. The summed E-state index contributed by atoms with van der Waals surface area (Å²) in [6.45, 7) is 2.12. The lowest BCUT2D eigenvalue weighted by atomic mass is 9.97. The number of likely N-dealkylation sites (N-methyl/N-ethyl adjacent to an activating group) is 1. The van der Waals surface area contributed by atoms with E-state index in [4.69, 9.17) is 0 Å². The minimum atomic E-state index is -0.152. The molecule has 0 bridgehead atoms. The summed E-state index contributed by atoms with van der Waals surface area (Å²) in [5, 5.41) is 8.93. The summed E-state index contributed by atoms with van der Waals surface area (Å²) in [6.07, 6.45) is 2.41. The minimum absolute atomic E-state index is 0. The van der Waals surface area contributed by atoms with Crippen LogP contribution >= 0.6 is 12.4 Å². The molecule has 1 heterocycles. The number of nitrogens with one attached hydrogen (secondary N) is 3. The van der Waals surface area contributed by atoms with Crippen molar-refractivity contribution < 1.29 is 9.59 Å². The van der Waals surface area contributed by atoms with Crippen LogP contribution in [0, 0.1) is 5.92 Å². The van der Waals surface area contributed by atoms with Crippen molar-refractivity contribution in [1.82, 2.24) is 10.6 Å². The highest BCUT2D eigenvalue weighted by molar-refractivity contribution is 6.05. The van der Waals surface area contributed by atoms with Gasteiger partial charge in [-0.15, -0.1) is 12.4 Å². The molecule has 2 aromatic carbocycles. The van der Waals surface area contributed by atoms with E-state index in [-0.39, 0.29) is 30.6 Å². The molecule has 0 radical (unpaired) electrons. The summed E-state index contributed by atoms with van der Waals surface area (Å²) >= 11 is 0. The Morgan fingerprint density at radius 3 is 2.70 bits per heavy atom. The van der Waals surface area contributed by atoms with Gasteiger partial charge in [-0.05, 0) is 61.2 Å². The molecular formula is C21H26ClN3O2. The number of hydrogen-bond acceptors (Lipinski definition) is 3. The zero-order valence-corrected chi connectivity index (χ0v) is 16.3. The van der Waals surface area contributed by atoms with Crippen LogP contribution in [0.25, 0.3) is 0 Å². The molecule has 0 aliphatic carbocycles. The Kier molecular flexibility index (Phi) is 7.82. The van der Waals surface area contributed by atoms with Crippen LogP contribution in [0.15, 0.2) is 48.5 Å². The van der Waals surface area contributed by atoms with E-state index in [1.54, 1.807) is 7.05 Å². The Morgan fingerprint density at radius 1 is 1.15 bits per heavy atom. The molecule has 6 heteroatoms. The van der Waals surface area contributed by atoms with Gasteiger partial charge in [0.2, 0.25) is 5.91 Å². The molecule has 1 fully saturated rings. The molecule has 1 atom stereocenters. The summed E-state index contributed by atoms with van der Waals surface area (Å²) < 4.78 is 0. The SMILES string of the molecule is CNC(=O)Cc1ccccc1NC(=O)c1cccc(CC2CCNC2)c1.Cl. The van der Waals surface area contributed by atoms with Crippen molar-refractivity contribution in [3.8, 4) is 0 Å². The molecule has 0 aromatic heterocycles. The third-order valence-electron chi connectivity index (χ3n) is 4.77. The fourth-order valence-electron chi connectivity index (χ4n) is 3.31. The number of para-hydroxylation sites is 1. The fraction of sp³-hybridized carbons (Fsp3) is 0.333. The van der Waals surface area contributed by atoms with Crippen LogP contribution < -0.4 is 16.0 Å². The van der Waals surface area contributed by atoms with E-state index in [2.05, 4.69) is 22.0 Å². The first-order chi connectivity index (χ1) is 12.7. The number of halogens is 1. The zero-order chi connectivity index (χ0) is 18.4. The monoisotopic (exact) mass is 387 g/mol. The maximum absolute atomic E-state index is 12.7. The Balaban J connectivity index is 0.00000261. The van der Waals surface area contributed by atoms with Gasteiger partial charge in [0.15, 0.2) is 0 Å². The van der Waals surface area contributed by atoms with Crippen molar-refractivity contribution in [1.29, 1.82) is 0 Å². The van der Waals surface area contributed by atoms with Crippen LogP contribution in [-0.4, -0.2) is 32.0 Å². The van der Waals surface area contributed by atoms with Gasteiger partial charge in [-0.2, -0.15) is 0 Å². The van der Waals surface area contributed by atoms with Crippen LogP contribution in [0.2, 0.25) is 0 Å². The first kappa shape index (κ1) is 20.9. The van der Waals surface area contributed by atoms with Crippen LogP contribution in [0.4, 0.5) is 5.69 Å².